The van der Waals surface area contributed by atoms with Crippen LogP contribution in [0.2, 0.25) is 0 Å². The van der Waals surface area contributed by atoms with Crippen molar-refractivity contribution in [1.29, 1.82) is 0 Å². The van der Waals surface area contributed by atoms with E-state index < -0.39 is 10.4 Å². The number of hydrogen-bond acceptors (Lipinski definition) is 5. The number of hydrogen-bond donors (Lipinski definition) is 2. The van der Waals surface area contributed by atoms with Crippen molar-refractivity contribution in [3.05, 3.63) is 12.7 Å². The number of carbonyl (C=O) groups is 1. The highest BCUT2D eigenvalue weighted by Gasteiger charge is 1.94. The molecule has 0 aliphatic heterocycles. The monoisotopic (exact) mass is 282 g/mol. The summed E-state index contributed by atoms with van der Waals surface area (Å²) in [6.45, 7) is 6.52. The Morgan fingerprint density at radius 1 is 1.50 bits per heavy atom. The molecule has 0 aromatic carbocycles. The Balaban J connectivity index is 0. The lowest BCUT2D eigenvalue weighted by Crippen LogP contribution is -3.05. The van der Waals surface area contributed by atoms with Crippen molar-refractivity contribution < 1.29 is 26.8 Å². The van der Waals surface area contributed by atoms with Crippen molar-refractivity contribution in [3.8, 4) is 0 Å². The minimum atomic E-state index is -4.42. The third kappa shape index (κ3) is 20.5. The van der Waals surface area contributed by atoms with Crippen LogP contribution in [0.15, 0.2) is 12.7 Å². The van der Waals surface area contributed by atoms with Crippen LogP contribution < -0.4 is 10.2 Å². The molecule has 7 nitrogen and oxygen atoms in total. The van der Waals surface area contributed by atoms with Crippen LogP contribution in [0.1, 0.15) is 13.3 Å². The van der Waals surface area contributed by atoms with Crippen LogP contribution in [0.5, 0.6) is 0 Å². The highest BCUT2D eigenvalue weighted by Crippen LogP contribution is 1.80. The molecular formula is C10H22N2O5S. The van der Waals surface area contributed by atoms with Gasteiger partial charge in [0.1, 0.15) is 0 Å². The molecule has 0 rings (SSSR count). The standard InChI is InChI=1S/C8H16N2O.C2H6O4S/c1-4-8(11)9-6-5-7-10(2)3;1-2-6-7(3,4)5/h4H,1,5-7H2,2-3H3,(H,9,11);2H2,1H3,(H,3,4,5). The minimum absolute atomic E-state index is 0.0845. The van der Waals surface area contributed by atoms with Crippen molar-refractivity contribution in [3.63, 3.8) is 0 Å². The van der Waals surface area contributed by atoms with E-state index in [1.165, 1.54) is 17.9 Å². The summed E-state index contributed by atoms with van der Waals surface area (Å²) in [6.07, 6.45) is 2.31. The van der Waals surface area contributed by atoms with Gasteiger partial charge in [0, 0.05) is 13.0 Å². The number of carbonyl (C=O) groups excluding carboxylic acids is 1. The third-order valence-electron chi connectivity index (χ3n) is 1.60. The molecule has 0 aliphatic carbocycles. The van der Waals surface area contributed by atoms with Gasteiger partial charge in [-0.3, -0.25) is 8.98 Å². The second-order valence-electron chi connectivity index (χ2n) is 3.62. The fraction of sp³-hybridized carbons (Fsp3) is 0.700. The molecule has 0 aliphatic rings. The quantitative estimate of drug-likeness (QED) is 0.251. The molecule has 0 bridgehead atoms. The Labute approximate surface area is 109 Å². The fourth-order valence-electron chi connectivity index (χ4n) is 0.870. The van der Waals surface area contributed by atoms with E-state index in [1.54, 1.807) is 0 Å². The van der Waals surface area contributed by atoms with E-state index in [1.807, 2.05) is 0 Å². The summed E-state index contributed by atoms with van der Waals surface area (Å²) in [5, 5.41) is 2.72. The van der Waals surface area contributed by atoms with Gasteiger partial charge in [-0.15, -0.1) is 0 Å². The first kappa shape index (κ1) is 19.4. The molecule has 18 heavy (non-hydrogen) atoms. The average Bonchev–Trinajstić information content (AvgIpc) is 2.23. The van der Waals surface area contributed by atoms with E-state index in [9.17, 15) is 17.8 Å². The van der Waals surface area contributed by atoms with Crippen LogP contribution in [0, 0.1) is 0 Å². The van der Waals surface area contributed by atoms with Crippen molar-refractivity contribution in [2.75, 3.05) is 33.8 Å². The average molecular weight is 282 g/mol. The number of amides is 1. The Bertz CT molecular complexity index is 327. The zero-order valence-electron chi connectivity index (χ0n) is 11.1. The van der Waals surface area contributed by atoms with Gasteiger partial charge in [-0.05, 0) is 13.0 Å². The normalized spacial score (nSPS) is 10.5. The molecule has 0 aromatic rings. The van der Waals surface area contributed by atoms with Gasteiger partial charge in [-0.1, -0.05) is 6.58 Å². The predicted octanol–water partition coefficient (Wildman–Crippen LogP) is -1.69. The Kier molecular flexibility index (Phi) is 12.0. The summed E-state index contributed by atoms with van der Waals surface area (Å²) >= 11 is 0. The van der Waals surface area contributed by atoms with Crippen LogP contribution in [0.4, 0.5) is 0 Å². The topological polar surface area (TPSA) is 100.0 Å². The third-order valence-corrected chi connectivity index (χ3v) is 2.12. The maximum atomic E-state index is 10.6. The van der Waals surface area contributed by atoms with E-state index in [4.69, 9.17) is 0 Å². The van der Waals surface area contributed by atoms with Crippen LogP contribution in [-0.2, 0) is 19.4 Å². The SMILES string of the molecule is C=CC(=O)NCCC[NH+](C)C.CCOS(=O)(=O)[O-]. The van der Waals surface area contributed by atoms with Crippen molar-refractivity contribution in [1.82, 2.24) is 5.32 Å². The Morgan fingerprint density at radius 2 is 2.06 bits per heavy atom. The van der Waals surface area contributed by atoms with Crippen molar-refractivity contribution in [2.24, 2.45) is 0 Å². The summed E-state index contributed by atoms with van der Waals surface area (Å²) in [7, 11) is -0.239. The molecule has 0 atom stereocenters. The van der Waals surface area contributed by atoms with Gasteiger partial charge < -0.3 is 14.8 Å². The minimum Gasteiger partial charge on any atom is -0.726 e. The van der Waals surface area contributed by atoms with E-state index in [-0.39, 0.29) is 12.5 Å². The molecule has 1 amide bonds. The van der Waals surface area contributed by atoms with Gasteiger partial charge >= 0.3 is 0 Å². The van der Waals surface area contributed by atoms with Gasteiger partial charge in [0.05, 0.1) is 27.2 Å². The molecule has 0 radical (unpaired) electrons. The predicted molar refractivity (Wildman–Crippen MR) is 66.8 cm³/mol. The Hall–Kier alpha value is -0.960. The lowest BCUT2D eigenvalue weighted by Gasteiger charge is -2.06. The van der Waals surface area contributed by atoms with Crippen molar-refractivity contribution in [2.45, 2.75) is 13.3 Å². The summed E-state index contributed by atoms with van der Waals surface area (Å²) in [6, 6.07) is 0. The van der Waals surface area contributed by atoms with Gasteiger partial charge in [0.25, 0.3) is 0 Å². The molecule has 0 saturated heterocycles. The van der Waals surface area contributed by atoms with E-state index in [2.05, 4.69) is 30.2 Å². The molecule has 0 heterocycles. The summed E-state index contributed by atoms with van der Waals surface area (Å²) in [4.78, 5) is 12.0. The van der Waals surface area contributed by atoms with Gasteiger partial charge in [-0.25, -0.2) is 8.42 Å². The van der Waals surface area contributed by atoms with E-state index >= 15 is 0 Å². The second kappa shape index (κ2) is 11.1. The highest BCUT2D eigenvalue weighted by atomic mass is 32.3. The smallest absolute Gasteiger partial charge is 0.243 e. The zero-order valence-corrected chi connectivity index (χ0v) is 11.9. The van der Waals surface area contributed by atoms with Crippen molar-refractivity contribution >= 4 is 16.3 Å². The molecule has 2 N–H and O–H groups in total. The maximum Gasteiger partial charge on any atom is 0.243 e. The number of rotatable bonds is 7. The molecule has 0 spiro atoms. The first-order chi connectivity index (χ1) is 8.22. The van der Waals surface area contributed by atoms with Crippen LogP contribution >= 0.6 is 0 Å². The summed E-state index contributed by atoms with van der Waals surface area (Å²) < 4.78 is 32.0. The zero-order chi connectivity index (χ0) is 14.6. The first-order valence-electron chi connectivity index (χ1n) is 5.52. The Morgan fingerprint density at radius 3 is 2.33 bits per heavy atom. The van der Waals surface area contributed by atoms with E-state index in [0.29, 0.717) is 0 Å². The molecule has 0 unspecified atom stereocenters. The van der Waals surface area contributed by atoms with Crippen LogP contribution in [-0.4, -0.2) is 52.7 Å². The first-order valence-corrected chi connectivity index (χ1v) is 6.85. The van der Waals surface area contributed by atoms with Gasteiger partial charge in [0.2, 0.25) is 16.3 Å². The molecule has 0 fully saturated rings. The van der Waals surface area contributed by atoms with Gasteiger partial charge in [-0.2, -0.15) is 0 Å². The highest BCUT2D eigenvalue weighted by molar-refractivity contribution is 7.80. The summed E-state index contributed by atoms with van der Waals surface area (Å²) in [5.74, 6) is -0.0845. The lowest BCUT2D eigenvalue weighted by atomic mass is 10.4. The maximum absolute atomic E-state index is 10.6. The fourth-order valence-corrected chi connectivity index (χ4v) is 1.16. The molecule has 108 valence electrons. The van der Waals surface area contributed by atoms with E-state index in [0.717, 1.165) is 19.5 Å². The molecule has 0 saturated carbocycles. The van der Waals surface area contributed by atoms with Crippen LogP contribution in [0.25, 0.3) is 0 Å². The van der Waals surface area contributed by atoms with Gasteiger partial charge in [0.15, 0.2) is 0 Å². The van der Waals surface area contributed by atoms with Crippen LogP contribution in [0.3, 0.4) is 0 Å². The number of nitrogens with one attached hydrogen (secondary N) is 2. The largest absolute Gasteiger partial charge is 0.726 e. The molecule has 8 heteroatoms. The second-order valence-corrected chi connectivity index (χ2v) is 4.67. The number of quaternary nitrogens is 1. The lowest BCUT2D eigenvalue weighted by molar-refractivity contribution is -0.858. The summed E-state index contributed by atoms with van der Waals surface area (Å²) in [5.41, 5.74) is 0. The molecular weight excluding hydrogens is 260 g/mol. The molecule has 0 aromatic heterocycles.